The molecule has 1 fully saturated rings. The second kappa shape index (κ2) is 7.66. The number of carbonyl (C=O) groups is 1. The lowest BCUT2D eigenvalue weighted by molar-refractivity contribution is 0.0746. The fraction of sp³-hybridized carbons (Fsp3) is 0.316. The van der Waals surface area contributed by atoms with Gasteiger partial charge in [0.15, 0.2) is 0 Å². The van der Waals surface area contributed by atoms with Gasteiger partial charge in [0.1, 0.15) is 5.82 Å². The predicted octanol–water partition coefficient (Wildman–Crippen LogP) is 2.04. The van der Waals surface area contributed by atoms with Crippen molar-refractivity contribution in [1.29, 1.82) is 0 Å². The van der Waals surface area contributed by atoms with E-state index in [4.69, 9.17) is 0 Å². The zero-order chi connectivity index (χ0) is 19.6. The average molecular weight is 391 g/mol. The van der Waals surface area contributed by atoms with Gasteiger partial charge in [-0.15, -0.1) is 0 Å². The van der Waals surface area contributed by atoms with Gasteiger partial charge >= 0.3 is 0 Å². The molecule has 0 aliphatic carbocycles. The van der Waals surface area contributed by atoms with E-state index in [-0.39, 0.29) is 16.6 Å². The van der Waals surface area contributed by atoms with Crippen LogP contribution in [0.1, 0.15) is 10.4 Å². The Morgan fingerprint density at radius 1 is 1.00 bits per heavy atom. The van der Waals surface area contributed by atoms with Gasteiger partial charge in [-0.3, -0.25) is 4.79 Å². The van der Waals surface area contributed by atoms with Crippen LogP contribution in [-0.2, 0) is 10.0 Å². The first-order valence-electron chi connectivity index (χ1n) is 8.61. The van der Waals surface area contributed by atoms with Crippen LogP contribution in [0.4, 0.5) is 10.1 Å². The van der Waals surface area contributed by atoms with Crippen molar-refractivity contribution in [3.05, 3.63) is 59.9 Å². The molecule has 1 aliphatic rings. The summed E-state index contributed by atoms with van der Waals surface area (Å²) in [6.07, 6.45) is 0. The molecule has 6 nitrogen and oxygen atoms in total. The fourth-order valence-electron chi connectivity index (χ4n) is 3.00. The van der Waals surface area contributed by atoms with Crippen molar-refractivity contribution in [2.75, 3.05) is 45.2 Å². The lowest BCUT2D eigenvalue weighted by Gasteiger charge is -2.36. The molecule has 0 spiro atoms. The van der Waals surface area contributed by atoms with Crippen molar-refractivity contribution < 1.29 is 17.6 Å². The molecule has 2 aromatic carbocycles. The Hall–Kier alpha value is -2.45. The molecular weight excluding hydrogens is 369 g/mol. The summed E-state index contributed by atoms with van der Waals surface area (Å²) in [6, 6.07) is 12.4. The molecule has 2 aromatic rings. The second-order valence-electron chi connectivity index (χ2n) is 6.57. The molecule has 1 aliphatic heterocycles. The molecular formula is C19H22FN3O3S. The van der Waals surface area contributed by atoms with Gasteiger partial charge in [-0.25, -0.2) is 17.1 Å². The van der Waals surface area contributed by atoms with E-state index < -0.39 is 10.0 Å². The topological polar surface area (TPSA) is 60.9 Å². The smallest absolute Gasteiger partial charge is 0.254 e. The van der Waals surface area contributed by atoms with Gasteiger partial charge < -0.3 is 9.80 Å². The van der Waals surface area contributed by atoms with Gasteiger partial charge in [0.05, 0.1) is 4.90 Å². The van der Waals surface area contributed by atoms with Crippen LogP contribution in [0, 0.1) is 5.82 Å². The highest BCUT2D eigenvalue weighted by atomic mass is 32.2. The average Bonchev–Trinajstić information content (AvgIpc) is 2.68. The Labute approximate surface area is 158 Å². The highest BCUT2D eigenvalue weighted by Gasteiger charge is 2.24. The van der Waals surface area contributed by atoms with Crippen LogP contribution in [-0.4, -0.2) is 63.8 Å². The molecule has 0 radical (unpaired) electrons. The van der Waals surface area contributed by atoms with Crippen molar-refractivity contribution in [3.8, 4) is 0 Å². The van der Waals surface area contributed by atoms with Crippen LogP contribution in [0.5, 0.6) is 0 Å². The van der Waals surface area contributed by atoms with Crippen LogP contribution >= 0.6 is 0 Å². The Kier molecular flexibility index (Phi) is 5.48. The number of hydrogen-bond acceptors (Lipinski definition) is 4. The van der Waals surface area contributed by atoms with E-state index >= 15 is 0 Å². The van der Waals surface area contributed by atoms with Gasteiger partial charge in [-0.2, -0.15) is 0 Å². The number of amides is 1. The molecule has 0 atom stereocenters. The quantitative estimate of drug-likeness (QED) is 0.800. The number of carbonyl (C=O) groups excluding carboxylic acids is 1. The lowest BCUT2D eigenvalue weighted by atomic mass is 10.1. The molecule has 0 aromatic heterocycles. The van der Waals surface area contributed by atoms with Crippen LogP contribution < -0.4 is 4.90 Å². The first-order chi connectivity index (χ1) is 12.8. The third-order valence-corrected chi connectivity index (χ3v) is 6.43. The number of benzene rings is 2. The molecule has 27 heavy (non-hydrogen) atoms. The van der Waals surface area contributed by atoms with Crippen molar-refractivity contribution in [3.63, 3.8) is 0 Å². The molecule has 1 heterocycles. The van der Waals surface area contributed by atoms with Crippen molar-refractivity contribution in [1.82, 2.24) is 9.21 Å². The van der Waals surface area contributed by atoms with Crippen molar-refractivity contribution >= 4 is 21.6 Å². The number of nitrogens with zero attached hydrogens (tertiary/aromatic N) is 3. The van der Waals surface area contributed by atoms with Crippen molar-refractivity contribution in [2.24, 2.45) is 0 Å². The fourth-order valence-corrected chi connectivity index (χ4v) is 3.95. The third-order valence-electron chi connectivity index (χ3n) is 4.62. The van der Waals surface area contributed by atoms with E-state index in [9.17, 15) is 17.6 Å². The molecule has 1 amide bonds. The van der Waals surface area contributed by atoms with E-state index in [1.807, 2.05) is 0 Å². The summed E-state index contributed by atoms with van der Waals surface area (Å²) in [7, 11) is -0.675. The minimum Gasteiger partial charge on any atom is -0.368 e. The largest absolute Gasteiger partial charge is 0.368 e. The number of hydrogen-bond donors (Lipinski definition) is 0. The SMILES string of the molecule is CN(C)S(=O)(=O)c1cccc(C(=O)N2CCN(c3ccc(F)cc3)CC2)c1. The Balaban J connectivity index is 1.70. The number of halogens is 1. The van der Waals surface area contributed by atoms with Gasteiger partial charge in [0.25, 0.3) is 5.91 Å². The maximum Gasteiger partial charge on any atom is 0.254 e. The Morgan fingerprint density at radius 3 is 2.22 bits per heavy atom. The molecule has 1 saturated heterocycles. The van der Waals surface area contributed by atoms with Crippen LogP contribution in [0.2, 0.25) is 0 Å². The molecule has 3 rings (SSSR count). The predicted molar refractivity (Wildman–Crippen MR) is 102 cm³/mol. The lowest BCUT2D eigenvalue weighted by Crippen LogP contribution is -2.48. The van der Waals surface area contributed by atoms with E-state index in [0.29, 0.717) is 31.7 Å². The number of sulfonamides is 1. The molecule has 0 bridgehead atoms. The summed E-state index contributed by atoms with van der Waals surface area (Å²) in [5.41, 5.74) is 1.27. The van der Waals surface area contributed by atoms with Gasteiger partial charge in [0, 0.05) is 51.5 Å². The summed E-state index contributed by atoms with van der Waals surface area (Å²) in [4.78, 5) is 16.7. The van der Waals surface area contributed by atoms with Crippen LogP contribution in [0.15, 0.2) is 53.4 Å². The minimum absolute atomic E-state index is 0.100. The Morgan fingerprint density at radius 2 is 1.63 bits per heavy atom. The zero-order valence-electron chi connectivity index (χ0n) is 15.3. The first kappa shape index (κ1) is 19.3. The maximum atomic E-state index is 13.1. The molecule has 0 saturated carbocycles. The monoisotopic (exact) mass is 391 g/mol. The van der Waals surface area contributed by atoms with Crippen molar-refractivity contribution in [2.45, 2.75) is 4.90 Å². The zero-order valence-corrected chi connectivity index (χ0v) is 16.1. The maximum absolute atomic E-state index is 13.1. The minimum atomic E-state index is -3.59. The third kappa shape index (κ3) is 4.12. The van der Waals surface area contributed by atoms with Crippen LogP contribution in [0.3, 0.4) is 0 Å². The highest BCUT2D eigenvalue weighted by Crippen LogP contribution is 2.19. The summed E-state index contributed by atoms with van der Waals surface area (Å²) < 4.78 is 38.7. The molecule has 144 valence electrons. The second-order valence-corrected chi connectivity index (χ2v) is 8.72. The molecule has 0 N–H and O–H groups in total. The highest BCUT2D eigenvalue weighted by molar-refractivity contribution is 7.89. The number of rotatable bonds is 4. The molecule has 0 unspecified atom stereocenters. The van der Waals surface area contributed by atoms with E-state index in [0.717, 1.165) is 9.99 Å². The normalized spacial score (nSPS) is 15.3. The van der Waals surface area contributed by atoms with Gasteiger partial charge in [0.2, 0.25) is 10.0 Å². The Bertz CT molecular complexity index is 921. The summed E-state index contributed by atoms with van der Waals surface area (Å²) >= 11 is 0. The van der Waals surface area contributed by atoms with E-state index in [1.54, 1.807) is 29.2 Å². The van der Waals surface area contributed by atoms with E-state index in [1.165, 1.54) is 38.4 Å². The summed E-state index contributed by atoms with van der Waals surface area (Å²) in [5, 5.41) is 0. The van der Waals surface area contributed by atoms with E-state index in [2.05, 4.69) is 4.90 Å². The van der Waals surface area contributed by atoms with Gasteiger partial charge in [-0.1, -0.05) is 6.07 Å². The molecule has 8 heteroatoms. The summed E-state index contributed by atoms with van der Waals surface area (Å²) in [5.74, 6) is -0.468. The first-order valence-corrected chi connectivity index (χ1v) is 10.1. The van der Waals surface area contributed by atoms with Crippen LogP contribution in [0.25, 0.3) is 0 Å². The summed E-state index contributed by atoms with van der Waals surface area (Å²) in [6.45, 7) is 2.29. The van der Waals surface area contributed by atoms with Gasteiger partial charge in [-0.05, 0) is 42.5 Å². The number of anilines is 1. The number of piperazine rings is 1. The standard InChI is InChI=1S/C19H22FN3O3S/c1-21(2)27(25,26)18-5-3-4-15(14-18)19(24)23-12-10-22(11-13-23)17-8-6-16(20)7-9-17/h3-9,14H,10-13H2,1-2H3.